The Labute approximate surface area is 122 Å². The zero-order chi connectivity index (χ0) is 16.1. The lowest BCUT2D eigenvalue weighted by Gasteiger charge is -2.23. The Morgan fingerprint density at radius 1 is 1.19 bits per heavy atom. The van der Waals surface area contributed by atoms with Crippen LogP contribution in [0.25, 0.3) is 0 Å². The molecule has 0 heterocycles. The number of nitrogens with zero attached hydrogens (tertiary/aromatic N) is 1. The Bertz CT molecular complexity index is 542. The van der Waals surface area contributed by atoms with Crippen LogP contribution in [-0.2, 0) is 16.4 Å². The van der Waals surface area contributed by atoms with Gasteiger partial charge in [-0.25, -0.2) is 8.42 Å². The van der Waals surface area contributed by atoms with E-state index >= 15 is 0 Å². The highest BCUT2D eigenvalue weighted by atomic mass is 32.2. The summed E-state index contributed by atoms with van der Waals surface area (Å²) in [6, 6.07) is 5.77. The summed E-state index contributed by atoms with van der Waals surface area (Å²) in [5, 5.41) is 0. The number of sulfonamides is 1. The van der Waals surface area contributed by atoms with E-state index in [1.54, 1.807) is 19.1 Å². The van der Waals surface area contributed by atoms with Crippen LogP contribution in [0.2, 0.25) is 0 Å². The molecule has 4 nitrogen and oxygen atoms in total. The third-order valence-electron chi connectivity index (χ3n) is 2.82. The molecule has 0 bridgehead atoms. The Morgan fingerprint density at radius 2 is 1.76 bits per heavy atom. The van der Waals surface area contributed by atoms with E-state index in [-0.39, 0.29) is 11.4 Å². The van der Waals surface area contributed by atoms with Gasteiger partial charge in [-0.05, 0) is 37.1 Å². The van der Waals surface area contributed by atoms with Crippen LogP contribution in [0.5, 0.6) is 0 Å². The van der Waals surface area contributed by atoms with Crippen LogP contribution in [0.3, 0.4) is 0 Å². The summed E-state index contributed by atoms with van der Waals surface area (Å²) in [5.41, 5.74) is 6.23. The van der Waals surface area contributed by atoms with E-state index in [1.807, 2.05) is 0 Å². The maximum Gasteiger partial charge on any atom is 0.402 e. The monoisotopic (exact) mass is 324 g/mol. The van der Waals surface area contributed by atoms with E-state index in [1.165, 1.54) is 12.1 Å². The number of halogens is 3. The largest absolute Gasteiger partial charge is 0.402 e. The molecule has 1 aromatic carbocycles. The predicted molar refractivity (Wildman–Crippen MR) is 74.3 cm³/mol. The van der Waals surface area contributed by atoms with Gasteiger partial charge in [0.2, 0.25) is 10.0 Å². The first-order chi connectivity index (χ1) is 9.70. The highest BCUT2D eigenvalue weighted by Gasteiger charge is 2.36. The third-order valence-corrected chi connectivity index (χ3v) is 4.68. The summed E-state index contributed by atoms with van der Waals surface area (Å²) >= 11 is 0. The first-order valence-corrected chi connectivity index (χ1v) is 8.00. The molecule has 0 aliphatic heterocycles. The summed E-state index contributed by atoms with van der Waals surface area (Å²) in [6.45, 7) is 0.394. The van der Waals surface area contributed by atoms with Gasteiger partial charge < -0.3 is 5.73 Å². The zero-order valence-corrected chi connectivity index (χ0v) is 12.5. The molecule has 0 aromatic heterocycles. The van der Waals surface area contributed by atoms with Crippen LogP contribution in [0.1, 0.15) is 18.9 Å². The molecule has 0 fully saturated rings. The summed E-state index contributed by atoms with van der Waals surface area (Å²) < 4.78 is 62.6. The molecule has 0 saturated carbocycles. The lowest BCUT2D eigenvalue weighted by atomic mass is 10.2. The van der Waals surface area contributed by atoms with Gasteiger partial charge in [0.05, 0.1) is 4.90 Å². The fourth-order valence-corrected chi connectivity index (χ4v) is 3.39. The van der Waals surface area contributed by atoms with Crippen molar-refractivity contribution >= 4 is 10.0 Å². The van der Waals surface area contributed by atoms with Crippen molar-refractivity contribution in [3.8, 4) is 0 Å². The van der Waals surface area contributed by atoms with Crippen molar-refractivity contribution in [1.82, 2.24) is 4.31 Å². The molecule has 21 heavy (non-hydrogen) atoms. The zero-order valence-electron chi connectivity index (χ0n) is 11.7. The molecular formula is C13H19F3N2O2S. The van der Waals surface area contributed by atoms with E-state index in [0.717, 1.165) is 5.56 Å². The topological polar surface area (TPSA) is 63.4 Å². The van der Waals surface area contributed by atoms with Crippen molar-refractivity contribution in [3.63, 3.8) is 0 Å². The van der Waals surface area contributed by atoms with Gasteiger partial charge >= 0.3 is 6.18 Å². The molecule has 0 atom stereocenters. The molecule has 0 unspecified atom stereocenters. The summed E-state index contributed by atoms with van der Waals surface area (Å²) in [6.07, 6.45) is -3.68. The fraction of sp³-hybridized carbons (Fsp3) is 0.538. The number of nitrogens with two attached hydrogens (primary N) is 1. The number of alkyl halides is 3. The summed E-state index contributed by atoms with van der Waals surface area (Å²) in [5.74, 6) is 0. The number of benzene rings is 1. The molecular weight excluding hydrogens is 305 g/mol. The first kappa shape index (κ1) is 17.9. The van der Waals surface area contributed by atoms with Crippen LogP contribution < -0.4 is 5.73 Å². The lowest BCUT2D eigenvalue weighted by molar-refractivity contribution is -0.136. The second-order valence-corrected chi connectivity index (χ2v) is 6.57. The van der Waals surface area contributed by atoms with Gasteiger partial charge in [0.25, 0.3) is 0 Å². The molecule has 1 rings (SSSR count). The van der Waals surface area contributed by atoms with Crippen molar-refractivity contribution < 1.29 is 21.6 Å². The Kier molecular flexibility index (Phi) is 6.18. The van der Waals surface area contributed by atoms with Gasteiger partial charge in [0.1, 0.15) is 6.54 Å². The highest BCUT2D eigenvalue weighted by molar-refractivity contribution is 7.89. The second kappa shape index (κ2) is 7.24. The Morgan fingerprint density at radius 3 is 2.19 bits per heavy atom. The van der Waals surface area contributed by atoms with Gasteiger partial charge in [-0.2, -0.15) is 17.5 Å². The lowest BCUT2D eigenvalue weighted by Crippen LogP contribution is -2.39. The van der Waals surface area contributed by atoms with Crippen LogP contribution >= 0.6 is 0 Å². The van der Waals surface area contributed by atoms with E-state index < -0.39 is 22.7 Å². The average molecular weight is 324 g/mol. The minimum Gasteiger partial charge on any atom is -0.330 e. The van der Waals surface area contributed by atoms with Crippen molar-refractivity contribution in [1.29, 1.82) is 0 Å². The molecule has 2 N–H and O–H groups in total. The molecule has 0 aliphatic carbocycles. The SMILES string of the molecule is CCCN(CC(F)(F)F)S(=O)(=O)c1ccc(CCN)cc1. The molecule has 120 valence electrons. The van der Waals surface area contributed by atoms with Gasteiger partial charge in [0, 0.05) is 6.54 Å². The Balaban J connectivity index is 3.04. The van der Waals surface area contributed by atoms with Crippen molar-refractivity contribution in [2.45, 2.75) is 30.8 Å². The quantitative estimate of drug-likeness (QED) is 0.836. The number of hydrogen-bond donors (Lipinski definition) is 1. The smallest absolute Gasteiger partial charge is 0.330 e. The normalized spacial score (nSPS) is 12.9. The van der Waals surface area contributed by atoms with Crippen LogP contribution in [0.15, 0.2) is 29.2 Å². The maximum absolute atomic E-state index is 12.5. The predicted octanol–water partition coefficient (Wildman–Crippen LogP) is 2.15. The van der Waals surface area contributed by atoms with Gasteiger partial charge in [-0.3, -0.25) is 0 Å². The summed E-state index contributed by atoms with van der Waals surface area (Å²) in [7, 11) is -4.15. The van der Waals surface area contributed by atoms with E-state index in [4.69, 9.17) is 5.73 Å². The average Bonchev–Trinajstić information content (AvgIpc) is 2.38. The second-order valence-electron chi connectivity index (χ2n) is 4.64. The molecule has 1 aromatic rings. The number of hydrogen-bond acceptors (Lipinski definition) is 3. The molecule has 0 saturated heterocycles. The van der Waals surface area contributed by atoms with E-state index in [9.17, 15) is 21.6 Å². The molecule has 0 spiro atoms. The minimum absolute atomic E-state index is 0.138. The Hall–Kier alpha value is -1.12. The van der Waals surface area contributed by atoms with Crippen LogP contribution in [-0.4, -0.2) is 38.5 Å². The van der Waals surface area contributed by atoms with E-state index in [2.05, 4.69) is 0 Å². The van der Waals surface area contributed by atoms with Crippen molar-refractivity contribution in [2.75, 3.05) is 19.6 Å². The fourth-order valence-electron chi connectivity index (χ4n) is 1.88. The highest BCUT2D eigenvalue weighted by Crippen LogP contribution is 2.23. The summed E-state index contributed by atoms with van der Waals surface area (Å²) in [4.78, 5) is -0.138. The van der Waals surface area contributed by atoms with Crippen molar-refractivity contribution in [2.24, 2.45) is 5.73 Å². The first-order valence-electron chi connectivity index (χ1n) is 6.56. The molecule has 0 radical (unpaired) electrons. The van der Waals surface area contributed by atoms with Crippen LogP contribution in [0.4, 0.5) is 13.2 Å². The maximum atomic E-state index is 12.5. The minimum atomic E-state index is -4.57. The van der Waals surface area contributed by atoms with Gasteiger partial charge in [-0.1, -0.05) is 19.1 Å². The number of rotatable bonds is 7. The molecule has 0 aliphatic rings. The van der Waals surface area contributed by atoms with Gasteiger partial charge in [-0.15, -0.1) is 0 Å². The molecule has 0 amide bonds. The van der Waals surface area contributed by atoms with E-state index in [0.29, 0.717) is 23.7 Å². The van der Waals surface area contributed by atoms with Gasteiger partial charge in [0.15, 0.2) is 0 Å². The standard InChI is InChI=1S/C13H19F3N2O2S/c1-2-9-18(10-13(14,15)16)21(19,20)12-5-3-11(4-6-12)7-8-17/h3-6H,2,7-10,17H2,1H3. The van der Waals surface area contributed by atoms with Crippen molar-refractivity contribution in [3.05, 3.63) is 29.8 Å². The third kappa shape index (κ3) is 5.29. The van der Waals surface area contributed by atoms with Crippen LogP contribution in [0, 0.1) is 0 Å². The molecule has 8 heteroatoms.